The quantitative estimate of drug-likeness (QED) is 0.188. The number of carbonyl (C=O) groups excluding carboxylic acids is 2. The first-order valence-corrected chi connectivity index (χ1v) is 6.74. The summed E-state index contributed by atoms with van der Waals surface area (Å²) in [6, 6.07) is 0. The van der Waals surface area contributed by atoms with Gasteiger partial charge in [-0.05, 0) is 20.7 Å². The van der Waals surface area contributed by atoms with Crippen molar-refractivity contribution in [2.45, 2.75) is 19.8 Å². The average molecular weight is 300 g/mol. The zero-order valence-corrected chi connectivity index (χ0v) is 12.5. The lowest BCUT2D eigenvalue weighted by molar-refractivity contribution is -0.155. The number of hydrogen-bond donors (Lipinski definition) is 6. The minimum Gasteiger partial charge on any atom is -0.436 e. The average Bonchev–Trinajstić information content (AvgIpc) is 2.39. The van der Waals surface area contributed by atoms with Gasteiger partial charge in [0, 0.05) is 13.1 Å². The van der Waals surface area contributed by atoms with Crippen molar-refractivity contribution in [2.75, 3.05) is 26.7 Å². The van der Waals surface area contributed by atoms with E-state index in [2.05, 4.69) is 21.5 Å². The first-order chi connectivity index (χ1) is 9.86. The molecule has 118 valence electrons. The summed E-state index contributed by atoms with van der Waals surface area (Å²) in [5.41, 5.74) is 4.80. The van der Waals surface area contributed by atoms with E-state index in [0.29, 0.717) is 13.1 Å². The van der Waals surface area contributed by atoms with Crippen molar-refractivity contribution in [2.24, 2.45) is 0 Å². The zero-order chi connectivity index (χ0) is 16.0. The highest BCUT2D eigenvalue weighted by atomic mass is 16.2. The summed E-state index contributed by atoms with van der Waals surface area (Å²) in [7, 11) is 0.0321. The van der Waals surface area contributed by atoms with E-state index >= 15 is 0 Å². The second kappa shape index (κ2) is 8.32. The highest BCUT2D eigenvalue weighted by molar-refractivity contribution is 6.46. The summed E-state index contributed by atoms with van der Waals surface area (Å²) < 4.78 is 0. The topological polar surface area (TPSA) is 129 Å². The van der Waals surface area contributed by atoms with Crippen molar-refractivity contribution in [3.63, 3.8) is 0 Å². The van der Waals surface area contributed by atoms with Crippen molar-refractivity contribution < 1.29 is 19.6 Å². The van der Waals surface area contributed by atoms with Crippen LogP contribution in [0.25, 0.3) is 0 Å². The minimum atomic E-state index is -0.874. The van der Waals surface area contributed by atoms with Crippen LogP contribution in [-0.4, -0.2) is 78.6 Å². The Morgan fingerprint density at radius 1 is 1.48 bits per heavy atom. The Morgan fingerprint density at radius 2 is 2.14 bits per heavy atom. The van der Waals surface area contributed by atoms with Crippen LogP contribution in [0.4, 0.5) is 0 Å². The third kappa shape index (κ3) is 5.26. The standard InChI is InChI=1S/C9H22B2N6O4/c1-10(20)15-13-7(18)6-16(5-4-12-3)9-8(19)14-17(9)11(2)21/h9,12,15,20-21H,4-6H2,1-3H3,(H,13,18)(H,14,19). The molecular weight excluding hydrogens is 278 g/mol. The number of hydrogen-bond acceptors (Lipinski definition) is 8. The molecule has 1 atom stereocenters. The fraction of sp³-hybridized carbons (Fsp3) is 0.778. The van der Waals surface area contributed by atoms with E-state index in [0.717, 1.165) is 0 Å². The Bertz CT molecular complexity index is 372. The summed E-state index contributed by atoms with van der Waals surface area (Å²) in [6.07, 6.45) is -0.698. The largest absolute Gasteiger partial charge is 0.436 e. The summed E-state index contributed by atoms with van der Waals surface area (Å²) in [6.45, 7) is 3.96. The number of hydrazine groups is 2. The molecule has 1 aliphatic rings. The normalized spacial score (nSPS) is 18.2. The number of carbonyl (C=O) groups is 2. The molecule has 1 aliphatic heterocycles. The molecule has 12 heteroatoms. The molecule has 21 heavy (non-hydrogen) atoms. The Labute approximate surface area is 124 Å². The molecule has 1 fully saturated rings. The van der Waals surface area contributed by atoms with Gasteiger partial charge in [-0.15, -0.1) is 0 Å². The predicted octanol–water partition coefficient (Wildman–Crippen LogP) is -3.98. The summed E-state index contributed by atoms with van der Waals surface area (Å²) in [5, 5.41) is 23.9. The van der Waals surface area contributed by atoms with Crippen molar-refractivity contribution in [1.29, 1.82) is 0 Å². The maximum Gasteiger partial charge on any atom is 0.397 e. The molecule has 0 aromatic carbocycles. The molecule has 1 unspecified atom stereocenters. The van der Waals surface area contributed by atoms with E-state index in [1.165, 1.54) is 18.6 Å². The molecule has 0 spiro atoms. The molecule has 2 amide bonds. The third-order valence-corrected chi connectivity index (χ3v) is 2.90. The van der Waals surface area contributed by atoms with Crippen LogP contribution in [0, 0.1) is 0 Å². The molecule has 1 saturated heterocycles. The first kappa shape index (κ1) is 17.9. The predicted molar refractivity (Wildman–Crippen MR) is 78.2 cm³/mol. The van der Waals surface area contributed by atoms with E-state index in [4.69, 9.17) is 5.02 Å². The maximum absolute atomic E-state index is 11.8. The molecule has 0 aromatic rings. The highest BCUT2D eigenvalue weighted by Crippen LogP contribution is 2.13. The summed E-state index contributed by atoms with van der Waals surface area (Å²) >= 11 is 0. The SMILES string of the molecule is CNCCN(CC(=O)NNB(C)O)C1C(=O)NN1B(C)O. The molecule has 0 aromatic heterocycles. The van der Waals surface area contributed by atoms with Gasteiger partial charge in [0.15, 0.2) is 6.17 Å². The van der Waals surface area contributed by atoms with Gasteiger partial charge in [0.1, 0.15) is 0 Å². The molecule has 0 saturated carbocycles. The Morgan fingerprint density at radius 3 is 2.62 bits per heavy atom. The Hall–Kier alpha value is -1.17. The second-order valence-corrected chi connectivity index (χ2v) is 4.83. The van der Waals surface area contributed by atoms with Gasteiger partial charge in [0.05, 0.1) is 6.54 Å². The van der Waals surface area contributed by atoms with E-state index in [1.807, 2.05) is 0 Å². The molecule has 1 heterocycles. The zero-order valence-electron chi connectivity index (χ0n) is 12.5. The highest BCUT2D eigenvalue weighted by Gasteiger charge is 2.45. The van der Waals surface area contributed by atoms with Crippen molar-refractivity contribution in [3.8, 4) is 0 Å². The van der Waals surface area contributed by atoms with E-state index < -0.39 is 26.2 Å². The van der Waals surface area contributed by atoms with Crippen LogP contribution >= 0.6 is 0 Å². The Balaban J connectivity index is 2.62. The van der Waals surface area contributed by atoms with Crippen LogP contribution in [0.2, 0.25) is 13.6 Å². The van der Waals surface area contributed by atoms with Crippen LogP contribution < -0.4 is 21.5 Å². The van der Waals surface area contributed by atoms with Crippen LogP contribution in [0.1, 0.15) is 0 Å². The minimum absolute atomic E-state index is 0.0529. The molecular formula is C9H22B2N6O4. The van der Waals surface area contributed by atoms with Crippen molar-refractivity contribution in [3.05, 3.63) is 0 Å². The van der Waals surface area contributed by atoms with Gasteiger partial charge in [0.25, 0.3) is 5.91 Å². The molecule has 0 aliphatic carbocycles. The van der Waals surface area contributed by atoms with Crippen molar-refractivity contribution >= 4 is 25.9 Å². The second-order valence-electron chi connectivity index (χ2n) is 4.83. The van der Waals surface area contributed by atoms with Crippen LogP contribution in [0.15, 0.2) is 0 Å². The van der Waals surface area contributed by atoms with E-state index in [1.54, 1.807) is 11.9 Å². The molecule has 0 bridgehead atoms. The molecule has 10 nitrogen and oxygen atoms in total. The van der Waals surface area contributed by atoms with Gasteiger partial charge < -0.3 is 15.4 Å². The lowest BCUT2D eigenvalue weighted by Crippen LogP contribution is -2.76. The summed E-state index contributed by atoms with van der Waals surface area (Å²) in [4.78, 5) is 26.5. The van der Waals surface area contributed by atoms with Crippen molar-refractivity contribution in [1.82, 2.24) is 31.3 Å². The number of nitrogens with one attached hydrogen (secondary N) is 4. The third-order valence-electron chi connectivity index (χ3n) is 2.90. The van der Waals surface area contributed by atoms with Gasteiger partial charge in [-0.1, -0.05) is 0 Å². The van der Waals surface area contributed by atoms with Gasteiger partial charge in [-0.2, -0.15) is 0 Å². The van der Waals surface area contributed by atoms with E-state index in [-0.39, 0.29) is 12.5 Å². The summed E-state index contributed by atoms with van der Waals surface area (Å²) in [5.74, 6) is -0.666. The Kier molecular flexibility index (Phi) is 7.08. The van der Waals surface area contributed by atoms with Crippen LogP contribution in [0.3, 0.4) is 0 Å². The lowest BCUT2D eigenvalue weighted by Gasteiger charge is -2.46. The van der Waals surface area contributed by atoms with Crippen LogP contribution in [0.5, 0.6) is 0 Å². The monoisotopic (exact) mass is 300 g/mol. The fourth-order valence-corrected chi connectivity index (χ4v) is 1.90. The smallest absolute Gasteiger partial charge is 0.397 e. The lowest BCUT2D eigenvalue weighted by atomic mass is 9.84. The maximum atomic E-state index is 11.8. The number of likely N-dealkylation sites (N-methyl/N-ethyl adjacent to an activating group) is 1. The van der Waals surface area contributed by atoms with E-state index in [9.17, 15) is 14.6 Å². The number of amides is 2. The molecule has 1 rings (SSSR count). The number of nitrogens with zero attached hydrogens (tertiary/aromatic N) is 2. The molecule has 6 N–H and O–H groups in total. The number of rotatable bonds is 9. The van der Waals surface area contributed by atoms with Gasteiger partial charge in [0.2, 0.25) is 5.91 Å². The van der Waals surface area contributed by atoms with Gasteiger partial charge >= 0.3 is 14.1 Å². The first-order valence-electron chi connectivity index (χ1n) is 6.74. The molecule has 0 radical (unpaired) electrons. The fourth-order valence-electron chi connectivity index (χ4n) is 1.90. The van der Waals surface area contributed by atoms with Gasteiger partial charge in [-0.25, -0.2) is 10.3 Å². The van der Waals surface area contributed by atoms with Gasteiger partial charge in [-0.3, -0.25) is 25.3 Å². The van der Waals surface area contributed by atoms with Crippen LogP contribution in [-0.2, 0) is 9.59 Å².